The summed E-state index contributed by atoms with van der Waals surface area (Å²) in [5.74, 6) is 0.861. The van der Waals surface area contributed by atoms with Gasteiger partial charge < -0.3 is 9.15 Å². The normalized spacial score (nSPS) is 16.4. The average molecular weight is 427 g/mol. The van der Waals surface area contributed by atoms with Gasteiger partial charge in [0.1, 0.15) is 23.9 Å². The number of ether oxygens (including phenoxy) is 1. The van der Waals surface area contributed by atoms with E-state index < -0.39 is 0 Å². The van der Waals surface area contributed by atoms with Crippen LogP contribution in [0.1, 0.15) is 46.3 Å². The van der Waals surface area contributed by atoms with E-state index in [1.807, 2.05) is 50.2 Å². The highest BCUT2D eigenvalue weighted by molar-refractivity contribution is 5.87. The van der Waals surface area contributed by atoms with Crippen LogP contribution in [-0.4, -0.2) is 6.73 Å². The smallest absolute Gasteiger partial charge is 0.340 e. The third kappa shape index (κ3) is 3.61. The first-order valence-electron chi connectivity index (χ1n) is 11.2. The predicted molar refractivity (Wildman–Crippen MR) is 126 cm³/mol. The summed E-state index contributed by atoms with van der Waals surface area (Å²) in [4.78, 5) is 14.2. The molecule has 4 nitrogen and oxygen atoms in total. The molecule has 1 aliphatic rings. The molecule has 0 bridgehead atoms. The minimum atomic E-state index is -0.261. The van der Waals surface area contributed by atoms with Gasteiger partial charge in [-0.15, -0.1) is 0 Å². The second-order valence-electron chi connectivity index (χ2n) is 8.78. The predicted octanol–water partition coefficient (Wildman–Crippen LogP) is 4.50. The molecule has 0 radical (unpaired) electrons. The minimum Gasteiger partial charge on any atom is -0.444 e. The molecule has 2 heterocycles. The molecule has 3 aromatic carbocycles. The number of aryl methyl sites for hydroxylation is 2. The van der Waals surface area contributed by atoms with E-state index >= 15 is 0 Å². The quantitative estimate of drug-likeness (QED) is 0.489. The van der Waals surface area contributed by atoms with Gasteiger partial charge in [0.05, 0.1) is 0 Å². The SMILES string of the molecule is Cc1c(Cc2ccccc2)c(=O)oc2c(C)c3c(cc12)C[NH+]([C@H](C)c1ccccc1)CO3. The number of quaternary nitrogens is 1. The number of benzene rings is 3. The van der Waals surface area contributed by atoms with E-state index in [1.54, 1.807) is 0 Å². The maximum atomic E-state index is 12.9. The van der Waals surface area contributed by atoms with Crippen LogP contribution in [0.3, 0.4) is 0 Å². The lowest BCUT2D eigenvalue weighted by Crippen LogP contribution is -3.12. The van der Waals surface area contributed by atoms with Gasteiger partial charge in [0, 0.05) is 34.1 Å². The molecule has 0 amide bonds. The van der Waals surface area contributed by atoms with Crippen LogP contribution in [0.5, 0.6) is 5.75 Å². The monoisotopic (exact) mass is 426 g/mol. The second-order valence-corrected chi connectivity index (χ2v) is 8.78. The van der Waals surface area contributed by atoms with Gasteiger partial charge in [-0.3, -0.25) is 4.90 Å². The highest BCUT2D eigenvalue weighted by atomic mass is 16.5. The third-order valence-corrected chi connectivity index (χ3v) is 6.79. The molecule has 162 valence electrons. The van der Waals surface area contributed by atoms with Crippen molar-refractivity contribution in [2.75, 3.05) is 6.73 Å². The molecule has 0 fully saturated rings. The van der Waals surface area contributed by atoms with Gasteiger partial charge in [0.25, 0.3) is 0 Å². The molecule has 2 atom stereocenters. The van der Waals surface area contributed by atoms with Crippen molar-refractivity contribution in [1.82, 2.24) is 0 Å². The lowest BCUT2D eigenvalue weighted by molar-refractivity contribution is -0.960. The number of hydrogen-bond donors (Lipinski definition) is 1. The summed E-state index contributed by atoms with van der Waals surface area (Å²) in [5, 5.41) is 1.00. The van der Waals surface area contributed by atoms with Crippen LogP contribution >= 0.6 is 0 Å². The average Bonchev–Trinajstić information content (AvgIpc) is 2.83. The van der Waals surface area contributed by atoms with Crippen molar-refractivity contribution in [3.8, 4) is 5.75 Å². The van der Waals surface area contributed by atoms with Crippen LogP contribution in [-0.2, 0) is 13.0 Å². The van der Waals surface area contributed by atoms with Crippen LogP contribution in [0, 0.1) is 13.8 Å². The maximum absolute atomic E-state index is 12.9. The van der Waals surface area contributed by atoms with Crippen LogP contribution in [0.25, 0.3) is 11.0 Å². The Kier molecular flexibility index (Phi) is 5.32. The van der Waals surface area contributed by atoms with Crippen LogP contribution < -0.4 is 15.3 Å². The number of rotatable bonds is 4. The van der Waals surface area contributed by atoms with E-state index in [4.69, 9.17) is 9.15 Å². The Labute approximate surface area is 188 Å². The van der Waals surface area contributed by atoms with E-state index in [1.165, 1.54) is 16.0 Å². The summed E-state index contributed by atoms with van der Waals surface area (Å²) in [7, 11) is 0. The molecule has 1 aliphatic heterocycles. The van der Waals surface area contributed by atoms with Crippen molar-refractivity contribution in [3.05, 3.63) is 111 Å². The largest absolute Gasteiger partial charge is 0.444 e. The highest BCUT2D eigenvalue weighted by Crippen LogP contribution is 2.34. The zero-order valence-corrected chi connectivity index (χ0v) is 18.8. The zero-order chi connectivity index (χ0) is 22.2. The van der Waals surface area contributed by atoms with Crippen LogP contribution in [0.2, 0.25) is 0 Å². The molecular weight excluding hydrogens is 398 g/mol. The Morgan fingerprint density at radius 1 is 0.969 bits per heavy atom. The molecule has 32 heavy (non-hydrogen) atoms. The fraction of sp³-hybridized carbons (Fsp3) is 0.250. The summed E-state index contributed by atoms with van der Waals surface area (Å²) in [6, 6.07) is 23.1. The molecule has 0 aliphatic carbocycles. The van der Waals surface area contributed by atoms with Crippen molar-refractivity contribution in [2.24, 2.45) is 0 Å². The molecule has 4 heteroatoms. The summed E-state index contributed by atoms with van der Waals surface area (Å²) in [6.07, 6.45) is 0.569. The van der Waals surface area contributed by atoms with Gasteiger partial charge in [-0.2, -0.15) is 0 Å². The standard InChI is InChI=1S/C28H27NO3/c1-18-24-15-23-16-29(20(3)22-12-8-5-9-13-22)17-31-26(23)19(2)27(24)32-28(30)25(18)14-21-10-6-4-7-11-21/h4-13,15,20H,14,16-17H2,1-3H3/p+1/t20-/m1/s1. The first-order valence-corrected chi connectivity index (χ1v) is 11.2. The Hall–Kier alpha value is -3.37. The van der Waals surface area contributed by atoms with Gasteiger partial charge in [-0.25, -0.2) is 4.79 Å². The first-order chi connectivity index (χ1) is 15.5. The molecule has 0 spiro atoms. The number of nitrogens with one attached hydrogen (secondary N) is 1. The number of hydrogen-bond acceptors (Lipinski definition) is 3. The van der Waals surface area contributed by atoms with Crippen LogP contribution in [0.15, 0.2) is 75.9 Å². The van der Waals surface area contributed by atoms with E-state index in [9.17, 15) is 4.79 Å². The Morgan fingerprint density at radius 3 is 2.38 bits per heavy atom. The fourth-order valence-electron chi connectivity index (χ4n) is 4.78. The van der Waals surface area contributed by atoms with E-state index in [2.05, 4.69) is 37.3 Å². The van der Waals surface area contributed by atoms with Gasteiger partial charge in [0.15, 0.2) is 0 Å². The van der Waals surface area contributed by atoms with Crippen molar-refractivity contribution in [2.45, 2.75) is 39.8 Å². The van der Waals surface area contributed by atoms with Crippen molar-refractivity contribution < 1.29 is 14.1 Å². The summed E-state index contributed by atoms with van der Waals surface area (Å²) in [5.41, 5.74) is 6.59. The van der Waals surface area contributed by atoms with Crippen LogP contribution in [0.4, 0.5) is 0 Å². The first kappa shape index (κ1) is 20.5. The third-order valence-electron chi connectivity index (χ3n) is 6.79. The maximum Gasteiger partial charge on any atom is 0.340 e. The van der Waals surface area contributed by atoms with Gasteiger partial charge in [-0.1, -0.05) is 60.7 Å². The van der Waals surface area contributed by atoms with Crippen molar-refractivity contribution in [1.29, 1.82) is 0 Å². The molecule has 4 aromatic rings. The summed E-state index contributed by atoms with van der Waals surface area (Å²) >= 11 is 0. The molecule has 0 saturated carbocycles. The molecule has 5 rings (SSSR count). The van der Waals surface area contributed by atoms with Crippen molar-refractivity contribution >= 4 is 11.0 Å². The van der Waals surface area contributed by atoms with Gasteiger partial charge in [-0.05, 0) is 38.0 Å². The zero-order valence-electron chi connectivity index (χ0n) is 18.8. The van der Waals surface area contributed by atoms with E-state index in [-0.39, 0.29) is 5.63 Å². The Balaban J connectivity index is 1.55. The fourth-order valence-corrected chi connectivity index (χ4v) is 4.78. The molecule has 1 N–H and O–H groups in total. The number of fused-ring (bicyclic) bond motifs is 2. The minimum absolute atomic E-state index is 0.261. The lowest BCUT2D eigenvalue weighted by atomic mass is 9.95. The van der Waals surface area contributed by atoms with E-state index in [0.29, 0.717) is 24.8 Å². The molecule has 1 unspecified atom stereocenters. The summed E-state index contributed by atoms with van der Waals surface area (Å²) < 4.78 is 12.1. The van der Waals surface area contributed by atoms with E-state index in [0.717, 1.165) is 39.9 Å². The highest BCUT2D eigenvalue weighted by Gasteiger charge is 2.29. The molecule has 0 saturated heterocycles. The Bertz CT molecular complexity index is 1330. The van der Waals surface area contributed by atoms with Gasteiger partial charge >= 0.3 is 5.63 Å². The topological polar surface area (TPSA) is 43.9 Å². The summed E-state index contributed by atoms with van der Waals surface area (Å²) in [6.45, 7) is 7.73. The molecule has 1 aromatic heterocycles. The van der Waals surface area contributed by atoms with Gasteiger partial charge in [0.2, 0.25) is 6.73 Å². The second kappa shape index (κ2) is 8.29. The van der Waals surface area contributed by atoms with Crippen molar-refractivity contribution in [3.63, 3.8) is 0 Å². The Morgan fingerprint density at radius 2 is 1.66 bits per heavy atom. The molecular formula is C28H28NO3+. The lowest BCUT2D eigenvalue weighted by Gasteiger charge is -2.32.